The van der Waals surface area contributed by atoms with Crippen LogP contribution in [0.15, 0.2) is 25.3 Å². The van der Waals surface area contributed by atoms with Gasteiger partial charge < -0.3 is 19.8 Å². The van der Waals surface area contributed by atoms with Crippen molar-refractivity contribution in [1.82, 2.24) is 14.7 Å². The quantitative estimate of drug-likeness (QED) is 0.166. The Bertz CT molecular complexity index is 982. The van der Waals surface area contributed by atoms with Crippen LogP contribution in [0.1, 0.15) is 73.6 Å². The molecule has 3 fully saturated rings. The summed E-state index contributed by atoms with van der Waals surface area (Å²) in [5.41, 5.74) is -0.479. The number of carbonyl (C=O) groups is 3. The van der Waals surface area contributed by atoms with Crippen LogP contribution in [0, 0.1) is 17.3 Å². The number of rotatable bonds is 14. The fourth-order valence-electron chi connectivity index (χ4n) is 7.56. The van der Waals surface area contributed by atoms with E-state index in [1.54, 1.807) is 28.8 Å². The number of thioether (sulfide) groups is 1. The fraction of sp³-hybridized carbons (Fsp3) is 0.774. The number of halogens is 1. The lowest BCUT2D eigenvalue weighted by Gasteiger charge is -2.46. The summed E-state index contributed by atoms with van der Waals surface area (Å²) in [6.07, 6.45) is 6.92. The highest BCUT2D eigenvalue weighted by atomic mass is 79.9. The summed E-state index contributed by atoms with van der Waals surface area (Å²) >= 11 is 5.56. The predicted molar refractivity (Wildman–Crippen MR) is 167 cm³/mol. The monoisotopic (exact) mass is 639 g/mol. The average molecular weight is 641 g/mol. The Balaban J connectivity index is 2.10. The van der Waals surface area contributed by atoms with Crippen LogP contribution in [0.4, 0.5) is 0 Å². The minimum absolute atomic E-state index is 0.0107. The van der Waals surface area contributed by atoms with Crippen molar-refractivity contribution < 1.29 is 19.5 Å². The molecule has 3 aliphatic heterocycles. The lowest BCUT2D eigenvalue weighted by atomic mass is 9.70. The Hall–Kier alpha value is -1.32. The van der Waals surface area contributed by atoms with E-state index in [-0.39, 0.29) is 39.8 Å². The van der Waals surface area contributed by atoms with E-state index in [0.717, 1.165) is 12.8 Å². The zero-order valence-electron chi connectivity index (χ0n) is 25.3. The number of likely N-dealkylation sites (tertiary alicyclic amines) is 1. The summed E-state index contributed by atoms with van der Waals surface area (Å²) in [4.78, 5) is 48.8. The highest BCUT2D eigenvalue weighted by molar-refractivity contribution is 9.09. The third-order valence-corrected chi connectivity index (χ3v) is 11.8. The first kappa shape index (κ1) is 33.2. The van der Waals surface area contributed by atoms with E-state index < -0.39 is 28.2 Å². The van der Waals surface area contributed by atoms with Crippen LogP contribution >= 0.6 is 27.7 Å². The molecular weight excluding hydrogens is 590 g/mol. The standard InChI is InChI=1S/C31H50BrN3O4S/c1-9-14-33(15-10-2)26(37)22-23-27(38)34(17-12-13-18-36)25(31(23)19-21(32)24(22)40-31)28(39)35(16-11-3)30(7,8)20-29(4,5)6/h9,11,21-25,36H,1,3,10,12-20H2,2,4-8H3/t21?,22-,23+,24-,25?,31?/m1/s1. The summed E-state index contributed by atoms with van der Waals surface area (Å²) in [7, 11) is 0. The Labute approximate surface area is 254 Å². The van der Waals surface area contributed by atoms with Crippen molar-refractivity contribution in [2.45, 2.75) is 100 Å². The summed E-state index contributed by atoms with van der Waals surface area (Å²) in [6, 6.07) is -0.672. The molecule has 6 atom stereocenters. The van der Waals surface area contributed by atoms with Crippen LogP contribution in [0.5, 0.6) is 0 Å². The van der Waals surface area contributed by atoms with Crippen molar-refractivity contribution in [3.8, 4) is 0 Å². The average Bonchev–Trinajstić information content (AvgIpc) is 3.43. The van der Waals surface area contributed by atoms with Gasteiger partial charge in [0, 0.05) is 48.4 Å². The second-order valence-corrected chi connectivity index (χ2v) is 16.2. The minimum atomic E-state index is -0.685. The maximum Gasteiger partial charge on any atom is 0.247 e. The maximum absolute atomic E-state index is 14.8. The fourth-order valence-corrected chi connectivity index (χ4v) is 11.2. The second-order valence-electron chi connectivity index (χ2n) is 13.5. The molecule has 1 N–H and O–H groups in total. The van der Waals surface area contributed by atoms with Crippen LogP contribution in [-0.4, -0.2) is 96.7 Å². The molecule has 0 aliphatic carbocycles. The summed E-state index contributed by atoms with van der Waals surface area (Å²) < 4.78 is -0.685. The van der Waals surface area contributed by atoms with E-state index in [9.17, 15) is 19.5 Å². The van der Waals surface area contributed by atoms with Gasteiger partial charge in [0.15, 0.2) is 0 Å². The molecule has 9 heteroatoms. The van der Waals surface area contributed by atoms with Gasteiger partial charge in [0.2, 0.25) is 17.7 Å². The normalized spacial score (nSPS) is 29.4. The molecule has 3 aliphatic rings. The van der Waals surface area contributed by atoms with E-state index in [1.165, 1.54) is 0 Å². The SMILES string of the molecule is C=CCN(CCC)C(=O)[C@H]1[C@@H]2SC3(CC2Br)C(C(=O)N(CC=C)C(C)(C)CC(C)(C)C)N(CCCCO)C(=O)[C@H]13. The van der Waals surface area contributed by atoms with Crippen molar-refractivity contribution in [3.63, 3.8) is 0 Å². The number of amides is 3. The number of hydrogen-bond acceptors (Lipinski definition) is 5. The van der Waals surface area contributed by atoms with Crippen LogP contribution in [0.25, 0.3) is 0 Å². The Morgan fingerprint density at radius 2 is 1.80 bits per heavy atom. The minimum Gasteiger partial charge on any atom is -0.396 e. The van der Waals surface area contributed by atoms with Crippen molar-refractivity contribution in [2.75, 3.05) is 32.8 Å². The highest BCUT2D eigenvalue weighted by Crippen LogP contribution is 2.68. The molecule has 3 rings (SSSR count). The molecular formula is C31H50BrN3O4S. The topological polar surface area (TPSA) is 81.2 Å². The third kappa shape index (κ3) is 6.22. The molecule has 0 aromatic carbocycles. The first-order chi connectivity index (χ1) is 18.7. The van der Waals surface area contributed by atoms with Crippen LogP contribution in [-0.2, 0) is 14.4 Å². The lowest BCUT2D eigenvalue weighted by Crippen LogP contribution is -2.60. The van der Waals surface area contributed by atoms with Crippen molar-refractivity contribution in [1.29, 1.82) is 0 Å². The van der Waals surface area contributed by atoms with Gasteiger partial charge in [-0.25, -0.2) is 0 Å². The van der Waals surface area contributed by atoms with E-state index in [0.29, 0.717) is 45.4 Å². The number of hydrogen-bond donors (Lipinski definition) is 1. The van der Waals surface area contributed by atoms with Gasteiger partial charge in [-0.3, -0.25) is 14.4 Å². The van der Waals surface area contributed by atoms with E-state index >= 15 is 0 Å². The molecule has 3 heterocycles. The van der Waals surface area contributed by atoms with Gasteiger partial charge in [-0.1, -0.05) is 55.8 Å². The smallest absolute Gasteiger partial charge is 0.247 e. The molecule has 3 unspecified atom stereocenters. The van der Waals surface area contributed by atoms with E-state index in [2.05, 4.69) is 63.7 Å². The van der Waals surface area contributed by atoms with Crippen molar-refractivity contribution >= 4 is 45.4 Å². The molecule has 7 nitrogen and oxygen atoms in total. The second kappa shape index (κ2) is 12.9. The van der Waals surface area contributed by atoms with Crippen molar-refractivity contribution in [2.24, 2.45) is 17.3 Å². The van der Waals surface area contributed by atoms with Gasteiger partial charge in [0.25, 0.3) is 0 Å². The number of fused-ring (bicyclic) bond motifs is 1. The predicted octanol–water partition coefficient (Wildman–Crippen LogP) is 4.88. The molecule has 0 saturated carbocycles. The first-order valence-corrected chi connectivity index (χ1v) is 16.6. The number of nitrogens with zero attached hydrogens (tertiary/aromatic N) is 3. The molecule has 3 amide bonds. The highest BCUT2D eigenvalue weighted by Gasteiger charge is 2.76. The van der Waals surface area contributed by atoms with E-state index in [4.69, 9.17) is 0 Å². The zero-order chi connectivity index (χ0) is 30.0. The molecule has 226 valence electrons. The Kier molecular flexibility index (Phi) is 10.7. The Morgan fingerprint density at radius 3 is 2.35 bits per heavy atom. The summed E-state index contributed by atoms with van der Waals surface area (Å²) in [6.45, 7) is 22.4. The maximum atomic E-state index is 14.8. The Morgan fingerprint density at radius 1 is 1.15 bits per heavy atom. The van der Waals surface area contributed by atoms with Crippen LogP contribution in [0.2, 0.25) is 0 Å². The van der Waals surface area contributed by atoms with Crippen LogP contribution < -0.4 is 0 Å². The van der Waals surface area contributed by atoms with Gasteiger partial charge >= 0.3 is 0 Å². The first-order valence-electron chi connectivity index (χ1n) is 14.8. The summed E-state index contributed by atoms with van der Waals surface area (Å²) in [5.74, 6) is -1.20. The number of carbonyl (C=O) groups excluding carboxylic acids is 3. The molecule has 3 saturated heterocycles. The molecule has 0 aromatic heterocycles. The number of aliphatic hydroxyl groups excluding tert-OH is 1. The van der Waals surface area contributed by atoms with Crippen LogP contribution in [0.3, 0.4) is 0 Å². The van der Waals surface area contributed by atoms with Gasteiger partial charge in [-0.05, 0) is 51.4 Å². The van der Waals surface area contributed by atoms with Gasteiger partial charge in [0.1, 0.15) is 6.04 Å². The zero-order valence-corrected chi connectivity index (χ0v) is 27.7. The molecule has 1 spiro atoms. The molecule has 0 radical (unpaired) electrons. The molecule has 2 bridgehead atoms. The number of aliphatic hydroxyl groups is 1. The van der Waals surface area contributed by atoms with E-state index in [1.807, 2.05) is 16.7 Å². The van der Waals surface area contributed by atoms with Gasteiger partial charge in [-0.2, -0.15) is 0 Å². The van der Waals surface area contributed by atoms with Gasteiger partial charge in [-0.15, -0.1) is 24.9 Å². The van der Waals surface area contributed by atoms with Crippen molar-refractivity contribution in [3.05, 3.63) is 25.3 Å². The number of unbranched alkanes of at least 4 members (excludes halogenated alkanes) is 1. The largest absolute Gasteiger partial charge is 0.396 e. The molecule has 40 heavy (non-hydrogen) atoms. The lowest BCUT2D eigenvalue weighted by molar-refractivity contribution is -0.147. The molecule has 0 aromatic rings. The third-order valence-electron chi connectivity index (χ3n) is 8.54. The van der Waals surface area contributed by atoms with Gasteiger partial charge in [0.05, 0.1) is 16.6 Å². The summed E-state index contributed by atoms with van der Waals surface area (Å²) in [5, 5.41) is 9.40. The number of alkyl halides is 1.